The van der Waals surface area contributed by atoms with Gasteiger partial charge in [-0.15, -0.1) is 21.9 Å². The Labute approximate surface area is 186 Å². The molecule has 1 heterocycles. The van der Waals surface area contributed by atoms with Crippen LogP contribution in [0.1, 0.15) is 0 Å². The molecule has 0 bridgehead atoms. The van der Waals surface area contributed by atoms with Crippen LogP contribution in [0, 0.1) is 10.1 Å². The Balaban J connectivity index is 0.000000687. The lowest BCUT2D eigenvalue weighted by molar-refractivity contribution is -0.742. The van der Waals surface area contributed by atoms with Gasteiger partial charge in [0, 0.05) is 34.9 Å². The van der Waals surface area contributed by atoms with Crippen LogP contribution < -0.4 is 4.74 Å². The maximum absolute atomic E-state index is 8.36. The number of rotatable bonds is 7. The molecule has 1 unspecified atom stereocenters. The van der Waals surface area contributed by atoms with Gasteiger partial charge >= 0.3 is 0 Å². The van der Waals surface area contributed by atoms with E-state index < -0.39 is 5.09 Å². The summed E-state index contributed by atoms with van der Waals surface area (Å²) in [5, 5.41) is 15.5. The summed E-state index contributed by atoms with van der Waals surface area (Å²) in [6, 6.07) is 13.1. The first-order chi connectivity index (χ1) is 13.8. The van der Waals surface area contributed by atoms with Crippen LogP contribution in [0.2, 0.25) is 15.1 Å². The number of thioether (sulfide) groups is 1. The topological polar surface area (TPSA) is 90.4 Å². The molecule has 3 rings (SSSR count). The number of hydrogen-bond donors (Lipinski definition) is 1. The van der Waals surface area contributed by atoms with Crippen LogP contribution in [-0.2, 0) is 6.54 Å². The Hall–Kier alpha value is -2.13. The summed E-state index contributed by atoms with van der Waals surface area (Å²) in [4.78, 5) is 13.6. The van der Waals surface area contributed by atoms with Gasteiger partial charge in [0.25, 0.3) is 5.09 Å². The maximum Gasteiger partial charge on any atom is 0.291 e. The molecule has 0 spiro atoms. The van der Waals surface area contributed by atoms with Crippen molar-refractivity contribution >= 4 is 46.6 Å². The van der Waals surface area contributed by atoms with Crippen LogP contribution in [0.5, 0.6) is 5.75 Å². The smallest absolute Gasteiger partial charge is 0.291 e. The van der Waals surface area contributed by atoms with E-state index in [1.165, 1.54) is 0 Å². The van der Waals surface area contributed by atoms with E-state index >= 15 is 0 Å². The van der Waals surface area contributed by atoms with Crippen LogP contribution in [0.4, 0.5) is 0 Å². The minimum absolute atomic E-state index is 0.185. The van der Waals surface area contributed by atoms with E-state index in [1.54, 1.807) is 36.4 Å². The van der Waals surface area contributed by atoms with Gasteiger partial charge in [-0.3, -0.25) is 0 Å². The average molecular weight is 477 g/mol. The van der Waals surface area contributed by atoms with Gasteiger partial charge in [0.05, 0.1) is 21.6 Å². The van der Waals surface area contributed by atoms with Crippen LogP contribution in [0.3, 0.4) is 0 Å². The quantitative estimate of drug-likeness (QED) is 0.266. The van der Waals surface area contributed by atoms with E-state index in [1.807, 2.05) is 41.1 Å². The summed E-state index contributed by atoms with van der Waals surface area (Å²) in [6.45, 7) is 1.29. The number of imidazole rings is 1. The Morgan fingerprint density at radius 3 is 2.45 bits per heavy atom. The van der Waals surface area contributed by atoms with E-state index in [2.05, 4.69) is 4.98 Å². The number of hydrogen-bond acceptors (Lipinski definition) is 5. The molecule has 3 aromatic rings. The van der Waals surface area contributed by atoms with Crippen molar-refractivity contribution in [2.75, 3.05) is 6.61 Å². The number of aromatic nitrogens is 2. The lowest BCUT2D eigenvalue weighted by atomic mass is 10.3. The fraction of sp³-hybridized carbons (Fsp3) is 0.167. The third-order valence-corrected chi connectivity index (χ3v) is 5.57. The molecule has 2 aromatic carbocycles. The van der Waals surface area contributed by atoms with Crippen molar-refractivity contribution in [2.24, 2.45) is 0 Å². The van der Waals surface area contributed by atoms with E-state index in [0.717, 1.165) is 16.5 Å². The average Bonchev–Trinajstić information content (AvgIpc) is 3.17. The first-order valence-electron chi connectivity index (χ1n) is 8.12. The normalized spacial score (nSPS) is 11.3. The van der Waals surface area contributed by atoms with Crippen molar-refractivity contribution < 1.29 is 15.0 Å². The van der Waals surface area contributed by atoms with E-state index in [9.17, 15) is 0 Å². The zero-order valence-corrected chi connectivity index (χ0v) is 17.9. The molecule has 0 saturated heterocycles. The Bertz CT molecular complexity index is 907. The molecule has 1 atom stereocenters. The summed E-state index contributed by atoms with van der Waals surface area (Å²) in [7, 11) is 0. The highest BCUT2D eigenvalue weighted by molar-refractivity contribution is 8.00. The highest BCUT2D eigenvalue weighted by atomic mass is 35.5. The largest absolute Gasteiger partial charge is 0.492 e. The second kappa shape index (κ2) is 11.8. The van der Waals surface area contributed by atoms with Gasteiger partial charge in [0.15, 0.2) is 0 Å². The summed E-state index contributed by atoms with van der Waals surface area (Å²) >= 11 is 19.7. The van der Waals surface area contributed by atoms with Crippen LogP contribution in [0.15, 0.2) is 66.1 Å². The van der Waals surface area contributed by atoms with Crippen molar-refractivity contribution in [1.82, 2.24) is 9.55 Å². The molecule has 1 aromatic heterocycles. The second-order valence-corrected chi connectivity index (χ2v) is 8.20. The molecule has 1 N–H and O–H groups in total. The standard InChI is InChI=1S/C18H15Cl3N2OS.HNO3/c19-13-1-4-15(5-2-13)25-16(10-23-8-7-22-12-23)11-24-14-3-6-17(20)18(21)9-14;2-1(3)4/h1-9,12,16H,10-11H2;(H,2,3,4). The van der Waals surface area contributed by atoms with Gasteiger partial charge < -0.3 is 14.5 Å². The van der Waals surface area contributed by atoms with Crippen molar-refractivity contribution in [1.29, 1.82) is 0 Å². The molecule has 0 saturated carbocycles. The number of nitrogens with zero attached hydrogens (tertiary/aromatic N) is 3. The predicted molar refractivity (Wildman–Crippen MR) is 114 cm³/mol. The second-order valence-electron chi connectivity index (χ2n) is 5.58. The summed E-state index contributed by atoms with van der Waals surface area (Å²) < 4.78 is 7.96. The zero-order valence-electron chi connectivity index (χ0n) is 14.8. The molecule has 0 radical (unpaired) electrons. The first-order valence-corrected chi connectivity index (χ1v) is 10.1. The minimum atomic E-state index is -1.50. The van der Waals surface area contributed by atoms with Gasteiger partial charge in [0.2, 0.25) is 0 Å². The number of ether oxygens (including phenoxy) is 1. The van der Waals surface area contributed by atoms with Crippen molar-refractivity contribution in [2.45, 2.75) is 16.7 Å². The molecule has 7 nitrogen and oxygen atoms in total. The summed E-state index contributed by atoms with van der Waals surface area (Å²) in [6.07, 6.45) is 5.51. The van der Waals surface area contributed by atoms with Crippen molar-refractivity contribution in [3.05, 3.63) is 86.4 Å². The minimum Gasteiger partial charge on any atom is -0.492 e. The highest BCUT2D eigenvalue weighted by Crippen LogP contribution is 2.29. The van der Waals surface area contributed by atoms with Gasteiger partial charge in [-0.2, -0.15) is 0 Å². The fourth-order valence-electron chi connectivity index (χ4n) is 2.22. The van der Waals surface area contributed by atoms with Crippen molar-refractivity contribution in [3.63, 3.8) is 0 Å². The molecule has 29 heavy (non-hydrogen) atoms. The molecular formula is C18H16Cl3N3O4S. The molecule has 0 fully saturated rings. The number of benzene rings is 2. The predicted octanol–water partition coefficient (Wildman–Crippen LogP) is 5.74. The van der Waals surface area contributed by atoms with E-state index in [4.69, 9.17) is 54.9 Å². The lowest BCUT2D eigenvalue weighted by Gasteiger charge is -2.18. The van der Waals surface area contributed by atoms with Gasteiger partial charge in [-0.25, -0.2) is 4.98 Å². The molecule has 0 aliphatic heterocycles. The SMILES string of the molecule is Clc1ccc(SC(COc2ccc(Cl)c(Cl)c2)Cn2ccnc2)cc1.O=[N+]([O-])O. The Morgan fingerprint density at radius 2 is 1.86 bits per heavy atom. The van der Waals surface area contributed by atoms with Gasteiger partial charge in [0.1, 0.15) is 12.4 Å². The Kier molecular flexibility index (Phi) is 9.40. The van der Waals surface area contributed by atoms with Crippen molar-refractivity contribution in [3.8, 4) is 5.75 Å². The summed E-state index contributed by atoms with van der Waals surface area (Å²) in [5.74, 6) is 0.696. The molecule has 0 aliphatic carbocycles. The van der Waals surface area contributed by atoms with Gasteiger partial charge in [-0.1, -0.05) is 34.8 Å². The maximum atomic E-state index is 8.36. The van der Waals surface area contributed by atoms with Crippen LogP contribution in [-0.4, -0.2) is 31.7 Å². The fourth-order valence-corrected chi connectivity index (χ4v) is 3.69. The Morgan fingerprint density at radius 1 is 1.17 bits per heavy atom. The van der Waals surface area contributed by atoms with E-state index in [0.29, 0.717) is 22.4 Å². The number of halogens is 3. The van der Waals surface area contributed by atoms with Gasteiger partial charge in [-0.05, 0) is 36.4 Å². The third-order valence-electron chi connectivity index (χ3n) is 3.42. The van der Waals surface area contributed by atoms with Crippen LogP contribution in [0.25, 0.3) is 0 Å². The molecule has 154 valence electrons. The first kappa shape index (κ1) is 23.2. The van der Waals surface area contributed by atoms with Crippen LogP contribution >= 0.6 is 46.6 Å². The molecule has 11 heteroatoms. The highest BCUT2D eigenvalue weighted by Gasteiger charge is 2.13. The lowest BCUT2D eigenvalue weighted by Crippen LogP contribution is -2.20. The molecular weight excluding hydrogens is 461 g/mol. The summed E-state index contributed by atoms with van der Waals surface area (Å²) in [5.41, 5.74) is 0. The zero-order chi connectivity index (χ0) is 21.2. The van der Waals surface area contributed by atoms with E-state index in [-0.39, 0.29) is 5.25 Å². The molecule has 0 amide bonds. The molecule has 0 aliphatic rings. The monoisotopic (exact) mass is 475 g/mol. The third kappa shape index (κ3) is 8.82.